The third-order valence-electron chi connectivity index (χ3n) is 4.31. The first-order valence-electron chi connectivity index (χ1n) is 8.32. The fraction of sp³-hybridized carbons (Fsp3) is 0.150. The van der Waals surface area contributed by atoms with E-state index in [2.05, 4.69) is 21.9 Å². The van der Waals surface area contributed by atoms with Crippen LogP contribution in [0.5, 0.6) is 0 Å². The highest BCUT2D eigenvalue weighted by Crippen LogP contribution is 2.38. The fourth-order valence-corrected chi connectivity index (χ4v) is 4.28. The van der Waals surface area contributed by atoms with Gasteiger partial charge in [-0.15, -0.1) is 11.3 Å². The van der Waals surface area contributed by atoms with Gasteiger partial charge in [0.25, 0.3) is 5.56 Å². The number of aromatic nitrogens is 3. The predicted molar refractivity (Wildman–Crippen MR) is 108 cm³/mol. The van der Waals surface area contributed by atoms with Crippen molar-refractivity contribution >= 4 is 33.2 Å². The predicted octanol–water partition coefficient (Wildman–Crippen LogP) is 5.24. The van der Waals surface area contributed by atoms with Gasteiger partial charge in [0, 0.05) is 21.7 Å². The molecule has 0 unspecified atom stereocenters. The largest absolute Gasteiger partial charge is 0.305 e. The Kier molecular flexibility index (Phi) is 4.34. The van der Waals surface area contributed by atoms with E-state index in [1.54, 1.807) is 17.5 Å². The van der Waals surface area contributed by atoms with Gasteiger partial charge in [-0.25, -0.2) is 4.98 Å². The van der Waals surface area contributed by atoms with E-state index in [-0.39, 0.29) is 5.56 Å². The number of benzene rings is 1. The third-order valence-corrected chi connectivity index (χ3v) is 5.96. The zero-order valence-corrected chi connectivity index (χ0v) is 15.9. The molecule has 6 heteroatoms. The minimum absolute atomic E-state index is 0.144. The first kappa shape index (κ1) is 16.9. The molecule has 130 valence electrons. The molecule has 0 saturated heterocycles. The summed E-state index contributed by atoms with van der Waals surface area (Å²) in [7, 11) is 0. The van der Waals surface area contributed by atoms with Gasteiger partial charge in [-0.1, -0.05) is 30.7 Å². The van der Waals surface area contributed by atoms with E-state index < -0.39 is 0 Å². The van der Waals surface area contributed by atoms with Gasteiger partial charge in [0.15, 0.2) is 5.82 Å². The number of rotatable bonds is 3. The molecule has 0 aliphatic carbocycles. The average Bonchev–Trinajstić information content (AvgIpc) is 3.04. The molecule has 0 atom stereocenters. The van der Waals surface area contributed by atoms with Crippen LogP contribution in [0.15, 0.2) is 47.4 Å². The molecule has 0 spiro atoms. The monoisotopic (exact) mass is 381 g/mol. The van der Waals surface area contributed by atoms with Gasteiger partial charge in [0.2, 0.25) is 0 Å². The molecule has 0 fully saturated rings. The van der Waals surface area contributed by atoms with E-state index >= 15 is 0 Å². The number of fused-ring (bicyclic) bond motifs is 1. The molecule has 3 aromatic heterocycles. The van der Waals surface area contributed by atoms with Crippen molar-refractivity contribution in [3.05, 3.63) is 68.4 Å². The minimum atomic E-state index is -0.144. The summed E-state index contributed by atoms with van der Waals surface area (Å²) in [5.74, 6) is 0.492. The molecule has 0 radical (unpaired) electrons. The van der Waals surface area contributed by atoms with Crippen LogP contribution in [-0.2, 0) is 6.42 Å². The Labute approximate surface area is 159 Å². The highest BCUT2D eigenvalue weighted by Gasteiger charge is 2.19. The second-order valence-electron chi connectivity index (χ2n) is 6.03. The van der Waals surface area contributed by atoms with E-state index in [0.717, 1.165) is 37.8 Å². The lowest BCUT2D eigenvalue weighted by atomic mass is 10.0. The number of nitrogens with zero attached hydrogens (tertiary/aromatic N) is 2. The summed E-state index contributed by atoms with van der Waals surface area (Å²) in [6, 6.07) is 11.4. The molecule has 4 aromatic rings. The van der Waals surface area contributed by atoms with Crippen LogP contribution in [0.25, 0.3) is 32.9 Å². The normalized spacial score (nSPS) is 11.2. The van der Waals surface area contributed by atoms with Crippen LogP contribution >= 0.6 is 22.9 Å². The van der Waals surface area contributed by atoms with Crippen LogP contribution < -0.4 is 5.56 Å². The Hall–Kier alpha value is -2.50. The maximum Gasteiger partial charge on any atom is 0.260 e. The summed E-state index contributed by atoms with van der Waals surface area (Å²) in [5, 5.41) is 1.35. The van der Waals surface area contributed by atoms with Crippen molar-refractivity contribution in [3.63, 3.8) is 0 Å². The number of hydrogen-bond acceptors (Lipinski definition) is 4. The summed E-state index contributed by atoms with van der Waals surface area (Å²) in [6.45, 7) is 4.05. The van der Waals surface area contributed by atoms with E-state index in [4.69, 9.17) is 11.6 Å². The first-order valence-corrected chi connectivity index (χ1v) is 9.51. The molecule has 26 heavy (non-hydrogen) atoms. The van der Waals surface area contributed by atoms with E-state index in [0.29, 0.717) is 16.9 Å². The molecule has 1 aromatic carbocycles. The molecule has 0 aliphatic rings. The van der Waals surface area contributed by atoms with Crippen molar-refractivity contribution in [3.8, 4) is 22.6 Å². The number of aromatic amines is 1. The standard InChI is InChI=1S/C20H16ClN3OS/c1-3-15-16(12-7-8-13(21)11(2)10-12)17-19(25)23-18(24-20(17)26-15)14-6-4-5-9-22-14/h4-10H,3H2,1-2H3,(H,23,24,25). The van der Waals surface area contributed by atoms with Crippen molar-refractivity contribution in [2.24, 2.45) is 0 Å². The zero-order valence-electron chi connectivity index (χ0n) is 14.3. The summed E-state index contributed by atoms with van der Waals surface area (Å²) in [4.78, 5) is 26.6. The molecule has 0 amide bonds. The minimum Gasteiger partial charge on any atom is -0.305 e. The number of nitrogens with one attached hydrogen (secondary N) is 1. The van der Waals surface area contributed by atoms with E-state index in [1.165, 1.54) is 0 Å². The van der Waals surface area contributed by atoms with E-state index in [9.17, 15) is 4.79 Å². The van der Waals surface area contributed by atoms with Crippen LogP contribution in [0.4, 0.5) is 0 Å². The number of hydrogen-bond donors (Lipinski definition) is 1. The lowest BCUT2D eigenvalue weighted by Crippen LogP contribution is -2.09. The number of aryl methyl sites for hydroxylation is 2. The van der Waals surface area contributed by atoms with Crippen molar-refractivity contribution in [1.82, 2.24) is 15.0 Å². The van der Waals surface area contributed by atoms with Gasteiger partial charge in [-0.3, -0.25) is 9.78 Å². The number of H-pyrrole nitrogens is 1. The summed E-state index contributed by atoms with van der Waals surface area (Å²) in [6.07, 6.45) is 2.52. The Balaban J connectivity index is 1.99. The molecule has 3 heterocycles. The Bertz CT molecular complexity index is 1170. The topological polar surface area (TPSA) is 58.6 Å². The molecular weight excluding hydrogens is 366 g/mol. The molecular formula is C20H16ClN3OS. The van der Waals surface area contributed by atoms with Crippen LogP contribution in [0.3, 0.4) is 0 Å². The summed E-state index contributed by atoms with van der Waals surface area (Å²) >= 11 is 7.73. The van der Waals surface area contributed by atoms with Crippen LogP contribution in [0, 0.1) is 6.92 Å². The fourth-order valence-electron chi connectivity index (χ4n) is 3.03. The molecule has 4 nitrogen and oxygen atoms in total. The summed E-state index contributed by atoms with van der Waals surface area (Å²) < 4.78 is 0. The van der Waals surface area contributed by atoms with Crippen molar-refractivity contribution < 1.29 is 0 Å². The number of halogens is 1. The zero-order chi connectivity index (χ0) is 18.3. The second-order valence-corrected chi connectivity index (χ2v) is 7.52. The Morgan fingerprint density at radius 3 is 2.77 bits per heavy atom. The second kappa shape index (κ2) is 6.67. The van der Waals surface area contributed by atoms with E-state index in [1.807, 2.05) is 43.3 Å². The molecule has 0 bridgehead atoms. The van der Waals surface area contributed by atoms with Gasteiger partial charge in [0.1, 0.15) is 10.5 Å². The van der Waals surface area contributed by atoms with Gasteiger partial charge in [-0.05, 0) is 48.7 Å². The van der Waals surface area contributed by atoms with Crippen molar-refractivity contribution in [1.29, 1.82) is 0 Å². The first-order chi connectivity index (χ1) is 12.6. The quantitative estimate of drug-likeness (QED) is 0.528. The molecule has 4 rings (SSSR count). The number of pyridine rings is 1. The Morgan fingerprint density at radius 2 is 2.08 bits per heavy atom. The van der Waals surface area contributed by atoms with Crippen molar-refractivity contribution in [2.45, 2.75) is 20.3 Å². The smallest absolute Gasteiger partial charge is 0.260 e. The molecule has 0 aliphatic heterocycles. The molecule has 1 N–H and O–H groups in total. The maximum atomic E-state index is 12.9. The average molecular weight is 382 g/mol. The highest BCUT2D eigenvalue weighted by atomic mass is 35.5. The third kappa shape index (κ3) is 2.83. The number of thiophene rings is 1. The van der Waals surface area contributed by atoms with Gasteiger partial charge >= 0.3 is 0 Å². The van der Waals surface area contributed by atoms with Gasteiger partial charge < -0.3 is 4.98 Å². The lowest BCUT2D eigenvalue weighted by molar-refractivity contribution is 1.15. The van der Waals surface area contributed by atoms with Crippen LogP contribution in [0.1, 0.15) is 17.4 Å². The van der Waals surface area contributed by atoms with Gasteiger partial charge in [0.05, 0.1) is 5.39 Å². The molecule has 0 saturated carbocycles. The lowest BCUT2D eigenvalue weighted by Gasteiger charge is -2.06. The van der Waals surface area contributed by atoms with Crippen LogP contribution in [0.2, 0.25) is 5.02 Å². The summed E-state index contributed by atoms with van der Waals surface area (Å²) in [5.41, 5.74) is 3.44. The Morgan fingerprint density at radius 1 is 1.23 bits per heavy atom. The van der Waals surface area contributed by atoms with Gasteiger partial charge in [-0.2, -0.15) is 0 Å². The van der Waals surface area contributed by atoms with Crippen LogP contribution in [-0.4, -0.2) is 15.0 Å². The van der Waals surface area contributed by atoms with Crippen molar-refractivity contribution in [2.75, 3.05) is 0 Å². The highest BCUT2D eigenvalue weighted by molar-refractivity contribution is 7.19. The maximum absolute atomic E-state index is 12.9. The SMILES string of the molecule is CCc1sc2nc(-c3ccccn3)[nH]c(=O)c2c1-c1ccc(Cl)c(C)c1.